The highest BCUT2D eigenvalue weighted by Gasteiger charge is 2.54. The third kappa shape index (κ3) is 3.90. The Labute approximate surface area is 179 Å². The van der Waals surface area contributed by atoms with Crippen molar-refractivity contribution in [2.45, 2.75) is 35.3 Å². The first-order valence-corrected chi connectivity index (χ1v) is 10.1. The molecular formula is C20H17BrClF3N2O2. The number of alkyl halides is 4. The van der Waals surface area contributed by atoms with E-state index >= 15 is 0 Å². The number of carbonyl (C=O) groups is 1. The summed E-state index contributed by atoms with van der Waals surface area (Å²) in [4.78, 5) is 12.4. The molecule has 4 atom stereocenters. The number of nitriles is 1. The minimum absolute atomic E-state index is 0.0141. The smallest absolute Gasteiger partial charge is 0.431 e. The van der Waals surface area contributed by atoms with Crippen molar-refractivity contribution in [2.75, 3.05) is 7.11 Å². The third-order valence-electron chi connectivity index (χ3n) is 5.43. The van der Waals surface area contributed by atoms with Crippen LogP contribution in [0.15, 0.2) is 42.6 Å². The third-order valence-corrected chi connectivity index (χ3v) is 6.57. The van der Waals surface area contributed by atoms with Crippen LogP contribution in [0.4, 0.5) is 13.2 Å². The van der Waals surface area contributed by atoms with E-state index in [-0.39, 0.29) is 12.8 Å². The van der Waals surface area contributed by atoms with Crippen LogP contribution in [0.1, 0.15) is 30.0 Å². The second kappa shape index (κ2) is 8.04. The van der Waals surface area contributed by atoms with Crippen molar-refractivity contribution in [1.82, 2.24) is 4.57 Å². The summed E-state index contributed by atoms with van der Waals surface area (Å²) in [5.74, 6) is -1.82. The number of rotatable bonds is 3. The fraction of sp³-hybridized carbons (Fsp3) is 0.400. The summed E-state index contributed by atoms with van der Waals surface area (Å²) in [6, 6.07) is 11.2. The molecule has 1 aromatic heterocycles. The molecule has 1 heterocycles. The zero-order valence-corrected chi connectivity index (χ0v) is 17.6. The van der Waals surface area contributed by atoms with E-state index in [1.54, 1.807) is 24.3 Å². The number of carbonyl (C=O) groups excluding carboxylic acids is 1. The molecule has 1 aliphatic rings. The van der Waals surface area contributed by atoms with Crippen LogP contribution < -0.4 is 0 Å². The number of nitrogens with zero attached hydrogens (tertiary/aromatic N) is 2. The van der Waals surface area contributed by atoms with Gasteiger partial charge in [-0.1, -0.05) is 39.7 Å². The van der Waals surface area contributed by atoms with Crippen molar-refractivity contribution < 1.29 is 22.7 Å². The van der Waals surface area contributed by atoms with Crippen LogP contribution in [0.5, 0.6) is 0 Å². The molecule has 0 saturated heterocycles. The summed E-state index contributed by atoms with van der Waals surface area (Å²) in [7, 11) is 1.15. The van der Waals surface area contributed by atoms with Crippen molar-refractivity contribution in [1.29, 1.82) is 5.26 Å². The Hall–Kier alpha value is -1.98. The lowest BCUT2D eigenvalue weighted by atomic mass is 9.67. The lowest BCUT2D eigenvalue weighted by Crippen LogP contribution is -2.52. The largest absolute Gasteiger partial charge is 0.467 e. The molecule has 3 rings (SSSR count). The number of methoxy groups -OCH3 is 1. The molecule has 1 aliphatic carbocycles. The van der Waals surface area contributed by atoms with Gasteiger partial charge >= 0.3 is 12.1 Å². The highest BCUT2D eigenvalue weighted by molar-refractivity contribution is 9.09. The van der Waals surface area contributed by atoms with E-state index < -0.39 is 40.0 Å². The van der Waals surface area contributed by atoms with Crippen molar-refractivity contribution >= 4 is 33.5 Å². The molecule has 1 aromatic carbocycles. The van der Waals surface area contributed by atoms with Gasteiger partial charge in [-0.05, 0) is 42.7 Å². The normalized spacial score (nSPS) is 27.3. The molecule has 0 spiro atoms. The SMILES string of the molecule is COC(=O)C1(n2cccc2C(F)(F)F)CC(Br)C(C#N)C(c2ccc(Cl)cc2)C1. The van der Waals surface area contributed by atoms with Gasteiger partial charge in [0.05, 0.1) is 19.1 Å². The zero-order chi connectivity index (χ0) is 21.4. The predicted octanol–water partition coefficient (Wildman–Crippen LogP) is 5.51. The quantitative estimate of drug-likeness (QED) is 0.422. The van der Waals surface area contributed by atoms with Gasteiger partial charge in [-0.2, -0.15) is 18.4 Å². The number of hydrogen-bond acceptors (Lipinski definition) is 3. The highest BCUT2D eigenvalue weighted by atomic mass is 79.9. The summed E-state index contributed by atoms with van der Waals surface area (Å²) < 4.78 is 46.8. The lowest BCUT2D eigenvalue weighted by Gasteiger charge is -2.45. The van der Waals surface area contributed by atoms with Gasteiger partial charge in [0.1, 0.15) is 11.2 Å². The number of esters is 1. The van der Waals surface area contributed by atoms with Crippen LogP contribution in [0.2, 0.25) is 5.02 Å². The lowest BCUT2D eigenvalue weighted by molar-refractivity contribution is -0.160. The Morgan fingerprint density at radius 3 is 2.52 bits per heavy atom. The van der Waals surface area contributed by atoms with E-state index in [2.05, 4.69) is 22.0 Å². The fourth-order valence-electron chi connectivity index (χ4n) is 4.12. The molecule has 154 valence electrons. The van der Waals surface area contributed by atoms with E-state index in [1.165, 1.54) is 12.3 Å². The maximum absolute atomic E-state index is 13.6. The molecule has 2 aromatic rings. The number of ether oxygens (including phenoxy) is 1. The summed E-state index contributed by atoms with van der Waals surface area (Å²) in [5, 5.41) is 10.2. The molecule has 1 fully saturated rings. The molecule has 0 N–H and O–H groups in total. The maximum Gasteiger partial charge on any atom is 0.431 e. The molecule has 4 nitrogen and oxygen atoms in total. The number of halogens is 5. The molecule has 0 aliphatic heterocycles. The molecule has 29 heavy (non-hydrogen) atoms. The van der Waals surface area contributed by atoms with Gasteiger partial charge in [0.25, 0.3) is 0 Å². The fourth-order valence-corrected chi connectivity index (χ4v) is 5.27. The van der Waals surface area contributed by atoms with Crippen LogP contribution in [0.25, 0.3) is 0 Å². The van der Waals surface area contributed by atoms with Crippen molar-refractivity contribution in [3.05, 3.63) is 58.9 Å². The molecular weight excluding hydrogens is 473 g/mol. The van der Waals surface area contributed by atoms with Crippen LogP contribution in [0, 0.1) is 17.2 Å². The van der Waals surface area contributed by atoms with Gasteiger partial charge in [-0.15, -0.1) is 0 Å². The molecule has 0 bridgehead atoms. The first kappa shape index (κ1) is 21.7. The second-order valence-electron chi connectivity index (χ2n) is 7.02. The topological polar surface area (TPSA) is 55.0 Å². The van der Waals surface area contributed by atoms with Crippen molar-refractivity contribution in [3.63, 3.8) is 0 Å². The Morgan fingerprint density at radius 1 is 1.31 bits per heavy atom. The Bertz CT molecular complexity index is 938. The number of hydrogen-bond donors (Lipinski definition) is 0. The summed E-state index contributed by atoms with van der Waals surface area (Å²) >= 11 is 9.40. The van der Waals surface area contributed by atoms with E-state index in [9.17, 15) is 23.2 Å². The standard InChI is InChI=1S/C20H17BrClF3N2O2/c1-29-18(28)19(27-8-2-3-17(27)20(23,24)25)9-14(15(11-26)16(21)10-19)12-4-6-13(22)7-5-12/h2-8,14-16H,9-10H2,1H3. The highest BCUT2D eigenvalue weighted by Crippen LogP contribution is 2.50. The second-order valence-corrected chi connectivity index (χ2v) is 8.63. The average molecular weight is 490 g/mol. The van der Waals surface area contributed by atoms with Crippen molar-refractivity contribution in [2.24, 2.45) is 5.92 Å². The van der Waals surface area contributed by atoms with E-state index in [1.807, 2.05) is 0 Å². The zero-order valence-electron chi connectivity index (χ0n) is 15.3. The monoisotopic (exact) mass is 488 g/mol. The van der Waals surface area contributed by atoms with Gasteiger partial charge in [-0.3, -0.25) is 0 Å². The van der Waals surface area contributed by atoms with Crippen LogP contribution in [0.3, 0.4) is 0 Å². The van der Waals surface area contributed by atoms with E-state index in [0.717, 1.165) is 23.3 Å². The van der Waals surface area contributed by atoms with Gasteiger partial charge in [0.2, 0.25) is 0 Å². The van der Waals surface area contributed by atoms with Gasteiger partial charge in [0.15, 0.2) is 0 Å². The summed E-state index contributed by atoms with van der Waals surface area (Å²) in [6.45, 7) is 0. The predicted molar refractivity (Wildman–Crippen MR) is 105 cm³/mol. The molecule has 9 heteroatoms. The maximum atomic E-state index is 13.6. The Morgan fingerprint density at radius 2 is 1.97 bits per heavy atom. The Kier molecular flexibility index (Phi) is 6.02. The molecule has 0 radical (unpaired) electrons. The minimum Gasteiger partial charge on any atom is -0.467 e. The number of aromatic nitrogens is 1. The van der Waals surface area contributed by atoms with Crippen molar-refractivity contribution in [3.8, 4) is 6.07 Å². The molecule has 0 amide bonds. The van der Waals surface area contributed by atoms with Gasteiger partial charge < -0.3 is 9.30 Å². The van der Waals surface area contributed by atoms with E-state index in [0.29, 0.717) is 5.02 Å². The summed E-state index contributed by atoms with van der Waals surface area (Å²) in [5.41, 5.74) is -1.83. The average Bonchev–Trinajstić information content (AvgIpc) is 3.18. The first-order valence-electron chi connectivity index (χ1n) is 8.76. The molecule has 1 saturated carbocycles. The Balaban J connectivity index is 2.18. The van der Waals surface area contributed by atoms with Gasteiger partial charge in [-0.25, -0.2) is 4.79 Å². The first-order chi connectivity index (χ1) is 13.6. The van der Waals surface area contributed by atoms with Crippen LogP contribution >= 0.6 is 27.5 Å². The van der Waals surface area contributed by atoms with Gasteiger partial charge in [0, 0.05) is 22.0 Å². The van der Waals surface area contributed by atoms with E-state index in [4.69, 9.17) is 16.3 Å². The molecule has 4 unspecified atom stereocenters. The minimum atomic E-state index is -4.64. The van der Waals surface area contributed by atoms with Crippen LogP contribution in [-0.4, -0.2) is 22.5 Å². The van der Waals surface area contributed by atoms with Crippen LogP contribution in [-0.2, 0) is 21.2 Å². The number of benzene rings is 1. The summed E-state index contributed by atoms with van der Waals surface area (Å²) in [6.07, 6.45) is -3.43.